The van der Waals surface area contributed by atoms with Gasteiger partial charge in [-0.15, -0.1) is 0 Å². The Morgan fingerprint density at radius 2 is 1.64 bits per heavy atom. The van der Waals surface area contributed by atoms with Crippen molar-refractivity contribution in [3.63, 3.8) is 0 Å². The van der Waals surface area contributed by atoms with E-state index in [1.807, 2.05) is 0 Å². The van der Waals surface area contributed by atoms with Crippen molar-refractivity contribution >= 4 is 18.0 Å². The van der Waals surface area contributed by atoms with Gasteiger partial charge in [-0.1, -0.05) is 0 Å². The predicted octanol–water partition coefficient (Wildman–Crippen LogP) is 1.95. The minimum absolute atomic E-state index is 0.235. The Morgan fingerprint density at radius 3 is 1.92 bits per heavy atom. The molecule has 0 aromatic rings. The van der Waals surface area contributed by atoms with Crippen LogP contribution in [0.5, 0.6) is 0 Å². The molecular formula is C17H30N2O6. The molecule has 25 heavy (non-hydrogen) atoms. The summed E-state index contributed by atoms with van der Waals surface area (Å²) in [5.41, 5.74) is 3.33. The average molecular weight is 358 g/mol. The Morgan fingerprint density at radius 1 is 1.12 bits per heavy atom. The molecule has 0 aromatic carbocycles. The van der Waals surface area contributed by atoms with Crippen LogP contribution in [0, 0.1) is 0 Å². The molecule has 0 saturated heterocycles. The number of esters is 1. The quantitative estimate of drug-likeness (QED) is 0.655. The van der Waals surface area contributed by atoms with Crippen molar-refractivity contribution in [2.45, 2.75) is 82.9 Å². The van der Waals surface area contributed by atoms with Gasteiger partial charge in [0.05, 0.1) is 6.61 Å². The fraction of sp³-hybridized carbons (Fsp3) is 0.824. The van der Waals surface area contributed by atoms with Gasteiger partial charge < -0.3 is 25.6 Å². The number of hydrogen-bond acceptors (Lipinski definition) is 6. The van der Waals surface area contributed by atoms with Gasteiger partial charge in [0.25, 0.3) is 0 Å². The Balaban J connectivity index is 0.000000271. The summed E-state index contributed by atoms with van der Waals surface area (Å²) in [4.78, 5) is 33.3. The molecule has 0 unspecified atom stereocenters. The third kappa shape index (κ3) is 5.88. The lowest BCUT2D eigenvalue weighted by molar-refractivity contribution is -0.153. The van der Waals surface area contributed by atoms with E-state index in [0.29, 0.717) is 19.4 Å². The van der Waals surface area contributed by atoms with E-state index in [1.165, 1.54) is 0 Å². The minimum Gasteiger partial charge on any atom is -0.480 e. The van der Waals surface area contributed by atoms with E-state index in [2.05, 4.69) is 5.32 Å². The zero-order chi connectivity index (χ0) is 19.3. The number of carbonyl (C=O) groups is 3. The van der Waals surface area contributed by atoms with E-state index in [-0.39, 0.29) is 5.97 Å². The zero-order valence-corrected chi connectivity index (χ0v) is 15.5. The van der Waals surface area contributed by atoms with Crippen LogP contribution < -0.4 is 11.1 Å². The van der Waals surface area contributed by atoms with Gasteiger partial charge in [-0.3, -0.25) is 4.79 Å². The van der Waals surface area contributed by atoms with E-state index in [0.717, 1.165) is 25.7 Å². The maximum Gasteiger partial charge on any atom is 0.408 e. The molecular weight excluding hydrogens is 328 g/mol. The number of rotatable bonds is 4. The molecule has 144 valence electrons. The Hall–Kier alpha value is -1.83. The van der Waals surface area contributed by atoms with Crippen LogP contribution in [0.25, 0.3) is 0 Å². The summed E-state index contributed by atoms with van der Waals surface area (Å²) in [6, 6.07) is 0. The summed E-state index contributed by atoms with van der Waals surface area (Å²) in [6.07, 6.45) is 3.72. The molecule has 2 aliphatic carbocycles. The van der Waals surface area contributed by atoms with E-state index >= 15 is 0 Å². The van der Waals surface area contributed by atoms with Crippen molar-refractivity contribution < 1.29 is 29.0 Å². The standard InChI is InChI=1S/C10H17NO4.C7H13NO2/c1-9(2,3)15-8(14)11-10(7(12)13)5-4-6-10;1-2-10-6(9)7(8)4-3-5-7/h4-6H2,1-3H3,(H,11,14)(H,12,13);2-5,8H2,1H3. The number of nitrogens with two attached hydrogens (primary N) is 1. The monoisotopic (exact) mass is 358 g/mol. The van der Waals surface area contributed by atoms with E-state index in [4.69, 9.17) is 20.3 Å². The molecule has 2 fully saturated rings. The van der Waals surface area contributed by atoms with Crippen LogP contribution in [-0.4, -0.2) is 46.4 Å². The fourth-order valence-electron chi connectivity index (χ4n) is 2.46. The van der Waals surface area contributed by atoms with Crippen molar-refractivity contribution in [3.8, 4) is 0 Å². The Kier molecular flexibility index (Phi) is 6.82. The first-order valence-corrected chi connectivity index (χ1v) is 8.65. The number of carboxylic acid groups (broad SMARTS) is 1. The molecule has 2 saturated carbocycles. The van der Waals surface area contributed by atoms with Gasteiger partial charge in [0, 0.05) is 0 Å². The van der Waals surface area contributed by atoms with E-state index in [9.17, 15) is 14.4 Å². The number of ether oxygens (including phenoxy) is 2. The Labute approximate surface area is 148 Å². The molecule has 2 rings (SSSR count). The lowest BCUT2D eigenvalue weighted by atomic mass is 9.77. The summed E-state index contributed by atoms with van der Waals surface area (Å²) in [5, 5.41) is 11.4. The van der Waals surface area contributed by atoms with Gasteiger partial charge >= 0.3 is 18.0 Å². The fourth-order valence-corrected chi connectivity index (χ4v) is 2.46. The molecule has 0 bridgehead atoms. The van der Waals surface area contributed by atoms with Crippen molar-refractivity contribution in [1.82, 2.24) is 5.32 Å². The molecule has 8 nitrogen and oxygen atoms in total. The van der Waals surface area contributed by atoms with Crippen molar-refractivity contribution in [2.24, 2.45) is 5.73 Å². The van der Waals surface area contributed by atoms with Crippen LogP contribution in [0.2, 0.25) is 0 Å². The lowest BCUT2D eigenvalue weighted by Gasteiger charge is -2.38. The van der Waals surface area contributed by atoms with Gasteiger partial charge in [-0.2, -0.15) is 0 Å². The Bertz CT molecular complexity index is 504. The normalized spacial score (nSPS) is 19.9. The van der Waals surface area contributed by atoms with Gasteiger partial charge in [-0.05, 0) is 66.2 Å². The van der Waals surface area contributed by atoms with E-state index in [1.54, 1.807) is 27.7 Å². The molecule has 0 aromatic heterocycles. The second-order valence-corrected chi connectivity index (χ2v) is 7.60. The maximum atomic E-state index is 11.4. The summed E-state index contributed by atoms with van der Waals surface area (Å²) in [7, 11) is 0. The number of aliphatic carboxylic acids is 1. The third-order valence-electron chi connectivity index (χ3n) is 4.28. The second kappa shape index (κ2) is 8.03. The van der Waals surface area contributed by atoms with Crippen LogP contribution in [0.4, 0.5) is 4.79 Å². The van der Waals surface area contributed by atoms with Gasteiger partial charge in [0.15, 0.2) is 0 Å². The van der Waals surface area contributed by atoms with Gasteiger partial charge in [-0.25, -0.2) is 9.59 Å². The highest BCUT2D eigenvalue weighted by molar-refractivity contribution is 5.85. The van der Waals surface area contributed by atoms with E-state index < -0.39 is 28.7 Å². The highest BCUT2D eigenvalue weighted by atomic mass is 16.6. The van der Waals surface area contributed by atoms with Crippen molar-refractivity contribution in [3.05, 3.63) is 0 Å². The molecule has 0 atom stereocenters. The summed E-state index contributed by atoms with van der Waals surface area (Å²) in [6.45, 7) is 7.43. The number of nitrogens with one attached hydrogen (secondary N) is 1. The topological polar surface area (TPSA) is 128 Å². The first-order chi connectivity index (χ1) is 11.4. The van der Waals surface area contributed by atoms with Gasteiger partial charge in [0.1, 0.15) is 16.7 Å². The number of hydrogen-bond donors (Lipinski definition) is 3. The average Bonchev–Trinajstić information content (AvgIpc) is 2.38. The number of carboxylic acids is 1. The molecule has 4 N–H and O–H groups in total. The minimum atomic E-state index is -1.09. The van der Waals surface area contributed by atoms with Crippen LogP contribution in [-0.2, 0) is 19.1 Å². The van der Waals surface area contributed by atoms with Gasteiger partial charge in [0.2, 0.25) is 0 Å². The second-order valence-electron chi connectivity index (χ2n) is 7.60. The highest BCUT2D eigenvalue weighted by Gasteiger charge is 2.46. The molecule has 0 radical (unpaired) electrons. The summed E-state index contributed by atoms with van der Waals surface area (Å²) < 4.78 is 9.79. The van der Waals surface area contributed by atoms with Crippen LogP contribution in [0.15, 0.2) is 0 Å². The van der Waals surface area contributed by atoms with Crippen molar-refractivity contribution in [1.29, 1.82) is 0 Å². The summed E-state index contributed by atoms with van der Waals surface area (Å²) >= 11 is 0. The smallest absolute Gasteiger partial charge is 0.408 e. The lowest BCUT2D eigenvalue weighted by Crippen LogP contribution is -2.59. The highest BCUT2D eigenvalue weighted by Crippen LogP contribution is 2.32. The van der Waals surface area contributed by atoms with Crippen LogP contribution in [0.1, 0.15) is 66.2 Å². The molecule has 0 aliphatic heterocycles. The molecule has 2 aliphatic rings. The maximum absolute atomic E-state index is 11.4. The first kappa shape index (κ1) is 21.2. The number of carbonyl (C=O) groups excluding carboxylic acids is 2. The largest absolute Gasteiger partial charge is 0.480 e. The molecule has 0 spiro atoms. The molecule has 1 amide bonds. The third-order valence-corrected chi connectivity index (χ3v) is 4.28. The summed E-state index contributed by atoms with van der Waals surface area (Å²) in [5.74, 6) is -1.22. The first-order valence-electron chi connectivity index (χ1n) is 8.65. The van der Waals surface area contributed by atoms with Crippen molar-refractivity contribution in [2.75, 3.05) is 6.61 Å². The predicted molar refractivity (Wildman–Crippen MR) is 91.0 cm³/mol. The SMILES string of the molecule is CC(C)(C)OC(=O)NC1(C(=O)O)CCC1.CCOC(=O)C1(N)CCC1. The number of alkyl carbamates (subject to hydrolysis) is 1. The zero-order valence-electron chi connectivity index (χ0n) is 15.5. The van der Waals surface area contributed by atoms with Crippen LogP contribution >= 0.6 is 0 Å². The number of amides is 1. The molecule has 0 heterocycles. The van der Waals surface area contributed by atoms with Crippen LogP contribution in [0.3, 0.4) is 0 Å². The molecule has 8 heteroatoms.